The Morgan fingerprint density at radius 2 is 1.81 bits per heavy atom. The van der Waals surface area contributed by atoms with E-state index in [-0.39, 0.29) is 6.42 Å². The minimum atomic E-state index is -2.38. The summed E-state index contributed by atoms with van der Waals surface area (Å²) < 4.78 is 36.3. The van der Waals surface area contributed by atoms with Crippen LogP contribution in [0.3, 0.4) is 0 Å². The van der Waals surface area contributed by atoms with E-state index in [0.717, 1.165) is 11.3 Å². The van der Waals surface area contributed by atoms with E-state index in [1.165, 1.54) is 0 Å². The van der Waals surface area contributed by atoms with Crippen LogP contribution in [0.5, 0.6) is 11.5 Å². The number of alkyl halides is 2. The van der Waals surface area contributed by atoms with E-state index in [9.17, 15) is 8.78 Å². The highest BCUT2D eigenvalue weighted by atomic mass is 79.9. The van der Waals surface area contributed by atoms with Crippen LogP contribution in [0.15, 0.2) is 46.9 Å². The number of hydrogen-bond acceptors (Lipinski definition) is 2. The first-order valence-corrected chi connectivity index (χ1v) is 7.20. The summed E-state index contributed by atoms with van der Waals surface area (Å²) in [5.74, 6) is 1.34. The molecule has 5 heteroatoms. The van der Waals surface area contributed by atoms with Crippen LogP contribution in [-0.2, 0) is 13.0 Å². The Bertz CT molecular complexity index is 585. The summed E-state index contributed by atoms with van der Waals surface area (Å²) in [5.41, 5.74) is 1.51. The maximum absolute atomic E-state index is 12.5. The fourth-order valence-corrected chi connectivity index (χ4v) is 2.42. The number of halogens is 3. The van der Waals surface area contributed by atoms with Gasteiger partial charge in [0.2, 0.25) is 6.43 Å². The van der Waals surface area contributed by atoms with Gasteiger partial charge >= 0.3 is 0 Å². The Morgan fingerprint density at radius 3 is 2.43 bits per heavy atom. The zero-order chi connectivity index (χ0) is 15.2. The van der Waals surface area contributed by atoms with Gasteiger partial charge in [0.25, 0.3) is 0 Å². The molecule has 0 aromatic heterocycles. The molecule has 0 heterocycles. The molecule has 21 heavy (non-hydrogen) atoms. The molecule has 0 aliphatic carbocycles. The third kappa shape index (κ3) is 4.43. The Balaban J connectivity index is 2.05. The zero-order valence-corrected chi connectivity index (χ0v) is 13.1. The molecule has 0 aliphatic rings. The quantitative estimate of drug-likeness (QED) is 0.736. The molecule has 2 nitrogen and oxygen atoms in total. The van der Waals surface area contributed by atoms with Crippen molar-refractivity contribution in [3.63, 3.8) is 0 Å². The SMILES string of the molecule is COc1ccc(COc2cccc(CC(F)F)c2Br)cc1. The normalized spacial score (nSPS) is 10.7. The van der Waals surface area contributed by atoms with Gasteiger partial charge in [-0.3, -0.25) is 0 Å². The van der Waals surface area contributed by atoms with E-state index in [1.807, 2.05) is 24.3 Å². The van der Waals surface area contributed by atoms with Crippen LogP contribution in [0, 0.1) is 0 Å². The van der Waals surface area contributed by atoms with E-state index >= 15 is 0 Å². The molecule has 0 radical (unpaired) electrons. The molecule has 0 N–H and O–H groups in total. The maximum atomic E-state index is 12.5. The van der Waals surface area contributed by atoms with Crippen LogP contribution >= 0.6 is 15.9 Å². The van der Waals surface area contributed by atoms with Crippen molar-refractivity contribution in [1.82, 2.24) is 0 Å². The number of methoxy groups -OCH3 is 1. The molecule has 0 atom stereocenters. The number of hydrogen-bond donors (Lipinski definition) is 0. The second-order valence-corrected chi connectivity index (χ2v) is 5.25. The van der Waals surface area contributed by atoms with Crippen LogP contribution < -0.4 is 9.47 Å². The lowest BCUT2D eigenvalue weighted by Crippen LogP contribution is -2.01. The number of ether oxygens (including phenoxy) is 2. The van der Waals surface area contributed by atoms with Gasteiger partial charge in [-0.25, -0.2) is 8.78 Å². The minimum Gasteiger partial charge on any atom is -0.497 e. The summed E-state index contributed by atoms with van der Waals surface area (Å²) in [5, 5.41) is 0. The molecule has 0 bridgehead atoms. The Kier molecular flexibility index (Phi) is 5.56. The molecule has 0 saturated heterocycles. The lowest BCUT2D eigenvalue weighted by molar-refractivity contribution is 0.148. The van der Waals surface area contributed by atoms with Crippen LogP contribution in [0.1, 0.15) is 11.1 Å². The Hall–Kier alpha value is -1.62. The monoisotopic (exact) mass is 356 g/mol. The molecule has 0 spiro atoms. The number of rotatable bonds is 6. The van der Waals surface area contributed by atoms with Crippen molar-refractivity contribution in [1.29, 1.82) is 0 Å². The standard InChI is InChI=1S/C16H15BrF2O2/c1-20-13-7-5-11(6-8-13)10-21-14-4-2-3-12(16(14)17)9-15(18)19/h2-8,15H,9-10H2,1H3. The van der Waals surface area contributed by atoms with Crippen molar-refractivity contribution in [3.05, 3.63) is 58.1 Å². The predicted molar refractivity (Wildman–Crippen MR) is 81.2 cm³/mol. The van der Waals surface area contributed by atoms with E-state index in [0.29, 0.717) is 22.4 Å². The zero-order valence-electron chi connectivity index (χ0n) is 11.5. The second-order valence-electron chi connectivity index (χ2n) is 4.46. The van der Waals surface area contributed by atoms with Crippen molar-refractivity contribution >= 4 is 15.9 Å². The lowest BCUT2D eigenvalue weighted by Gasteiger charge is -2.12. The minimum absolute atomic E-state index is 0.291. The lowest BCUT2D eigenvalue weighted by atomic mass is 10.1. The molecule has 2 aromatic carbocycles. The van der Waals surface area contributed by atoms with Crippen LogP contribution in [0.2, 0.25) is 0 Å². The highest BCUT2D eigenvalue weighted by molar-refractivity contribution is 9.10. The van der Waals surface area contributed by atoms with Gasteiger partial charge in [-0.1, -0.05) is 24.3 Å². The van der Waals surface area contributed by atoms with Gasteiger partial charge in [0, 0.05) is 6.42 Å². The first kappa shape index (κ1) is 15.8. The highest BCUT2D eigenvalue weighted by Crippen LogP contribution is 2.30. The van der Waals surface area contributed by atoms with Crippen molar-refractivity contribution < 1.29 is 18.3 Å². The van der Waals surface area contributed by atoms with Gasteiger partial charge in [0.15, 0.2) is 0 Å². The van der Waals surface area contributed by atoms with E-state index in [1.54, 1.807) is 25.3 Å². The molecule has 112 valence electrons. The van der Waals surface area contributed by atoms with E-state index in [4.69, 9.17) is 9.47 Å². The first-order valence-electron chi connectivity index (χ1n) is 6.41. The molecular formula is C16H15BrF2O2. The molecule has 0 saturated carbocycles. The third-order valence-corrected chi connectivity index (χ3v) is 3.87. The fourth-order valence-electron chi connectivity index (χ4n) is 1.87. The average Bonchev–Trinajstić information content (AvgIpc) is 2.48. The average molecular weight is 357 g/mol. The van der Waals surface area contributed by atoms with Crippen molar-refractivity contribution in [3.8, 4) is 11.5 Å². The molecule has 2 rings (SSSR count). The summed E-state index contributed by atoms with van der Waals surface area (Å²) in [6, 6.07) is 12.6. The Labute approximate surface area is 130 Å². The van der Waals surface area contributed by atoms with Gasteiger partial charge in [0.1, 0.15) is 18.1 Å². The van der Waals surface area contributed by atoms with Gasteiger partial charge < -0.3 is 9.47 Å². The van der Waals surface area contributed by atoms with Crippen molar-refractivity contribution in [2.75, 3.05) is 7.11 Å². The van der Waals surface area contributed by atoms with Crippen LogP contribution in [-0.4, -0.2) is 13.5 Å². The van der Waals surface area contributed by atoms with Gasteiger partial charge in [-0.05, 0) is 45.3 Å². The molecule has 2 aromatic rings. The van der Waals surface area contributed by atoms with Gasteiger partial charge in [-0.2, -0.15) is 0 Å². The topological polar surface area (TPSA) is 18.5 Å². The molecule has 0 aliphatic heterocycles. The fraction of sp³-hybridized carbons (Fsp3) is 0.250. The molecule has 0 unspecified atom stereocenters. The summed E-state index contributed by atoms with van der Waals surface area (Å²) in [7, 11) is 1.61. The van der Waals surface area contributed by atoms with Gasteiger partial charge in [-0.15, -0.1) is 0 Å². The molecule has 0 fully saturated rings. The highest BCUT2D eigenvalue weighted by Gasteiger charge is 2.11. The summed E-state index contributed by atoms with van der Waals surface area (Å²) in [6.45, 7) is 0.362. The summed E-state index contributed by atoms with van der Waals surface area (Å²) in [4.78, 5) is 0. The van der Waals surface area contributed by atoms with E-state index < -0.39 is 6.43 Å². The van der Waals surface area contributed by atoms with Crippen molar-refractivity contribution in [2.24, 2.45) is 0 Å². The Morgan fingerprint density at radius 1 is 1.10 bits per heavy atom. The summed E-state index contributed by atoms with van der Waals surface area (Å²) >= 11 is 3.33. The largest absolute Gasteiger partial charge is 0.497 e. The van der Waals surface area contributed by atoms with E-state index in [2.05, 4.69) is 15.9 Å². The third-order valence-electron chi connectivity index (χ3n) is 2.97. The van der Waals surface area contributed by atoms with Crippen LogP contribution in [0.25, 0.3) is 0 Å². The predicted octanol–water partition coefficient (Wildman–Crippen LogP) is 4.84. The number of benzene rings is 2. The first-order chi connectivity index (χ1) is 10.1. The molecule has 0 amide bonds. The molecular weight excluding hydrogens is 342 g/mol. The van der Waals surface area contributed by atoms with Gasteiger partial charge in [0.05, 0.1) is 11.6 Å². The second kappa shape index (κ2) is 7.41. The van der Waals surface area contributed by atoms with Crippen LogP contribution in [0.4, 0.5) is 8.78 Å². The van der Waals surface area contributed by atoms with Crippen molar-refractivity contribution in [2.45, 2.75) is 19.5 Å². The maximum Gasteiger partial charge on any atom is 0.242 e. The smallest absolute Gasteiger partial charge is 0.242 e. The summed E-state index contributed by atoms with van der Waals surface area (Å²) in [6.07, 6.45) is -2.67.